The number of hydrogen-bond donors (Lipinski definition) is 0. The summed E-state index contributed by atoms with van der Waals surface area (Å²) < 4.78 is 31.9. The van der Waals surface area contributed by atoms with E-state index in [1.54, 1.807) is 42.7 Å². The van der Waals surface area contributed by atoms with Crippen LogP contribution in [0.5, 0.6) is 0 Å². The first-order chi connectivity index (χ1) is 17.0. The Bertz CT molecular complexity index is 375. The van der Waals surface area contributed by atoms with Crippen molar-refractivity contribution in [3.8, 4) is 0 Å². The van der Waals surface area contributed by atoms with Crippen molar-refractivity contribution in [1.82, 2.24) is 0 Å². The lowest BCUT2D eigenvalue weighted by atomic mass is 9.76. The summed E-state index contributed by atoms with van der Waals surface area (Å²) in [5.74, 6) is -0.0622. The van der Waals surface area contributed by atoms with Gasteiger partial charge in [0.15, 0.2) is 0 Å². The lowest BCUT2D eigenvalue weighted by Crippen LogP contribution is -2.21. The predicted molar refractivity (Wildman–Crippen MR) is 149 cm³/mol. The molecule has 0 spiro atoms. The molecule has 0 unspecified atom stereocenters. The van der Waals surface area contributed by atoms with E-state index in [0.29, 0.717) is 5.41 Å². The van der Waals surface area contributed by atoms with Gasteiger partial charge in [-0.15, -0.1) is 0 Å². The molecule has 0 rings (SSSR count). The first kappa shape index (κ1) is 35.4. The fraction of sp³-hybridized carbons (Fsp3) is 1.00. The number of hydrogen-bond acceptors (Lipinski definition) is 6. The summed E-state index contributed by atoms with van der Waals surface area (Å²) in [5.41, 5.74) is 0.470. The van der Waals surface area contributed by atoms with Gasteiger partial charge < -0.3 is 28.4 Å². The van der Waals surface area contributed by atoms with Gasteiger partial charge in [-0.3, -0.25) is 0 Å². The molecule has 0 N–H and O–H groups in total. The topological polar surface area (TPSA) is 55.4 Å². The van der Waals surface area contributed by atoms with Gasteiger partial charge in [-0.05, 0) is 24.7 Å². The Balaban J connectivity index is 4.31. The maximum Gasteiger partial charge on any atom is 0.136 e. The minimum absolute atomic E-state index is 0.0207. The third-order valence-corrected chi connectivity index (χ3v) is 10.9. The average Bonchev–Trinajstić information content (AvgIpc) is 2.87. The third kappa shape index (κ3) is 20.1. The van der Waals surface area contributed by atoms with E-state index in [2.05, 4.69) is 6.92 Å². The zero-order valence-electron chi connectivity index (χ0n) is 23.8. The van der Waals surface area contributed by atoms with Crippen LogP contribution >= 0.6 is 0 Å². The Morgan fingerprint density at radius 3 is 0.914 bits per heavy atom. The van der Waals surface area contributed by atoms with Crippen molar-refractivity contribution in [2.45, 2.75) is 120 Å². The molecule has 0 saturated heterocycles. The van der Waals surface area contributed by atoms with Gasteiger partial charge in [0.2, 0.25) is 0 Å². The van der Waals surface area contributed by atoms with Crippen molar-refractivity contribution in [3.05, 3.63) is 0 Å². The molecule has 0 aliphatic carbocycles. The molecule has 6 radical (unpaired) electrons. The van der Waals surface area contributed by atoms with Gasteiger partial charge in [0.1, 0.15) is 46.3 Å². The van der Waals surface area contributed by atoms with Crippen molar-refractivity contribution < 1.29 is 28.4 Å². The highest BCUT2D eigenvalue weighted by atomic mass is 28.2. The fourth-order valence-electron chi connectivity index (χ4n) is 4.38. The molecule has 0 saturated carbocycles. The van der Waals surface area contributed by atoms with Crippen LogP contribution in [-0.4, -0.2) is 89.0 Å². The van der Waals surface area contributed by atoms with Crippen molar-refractivity contribution >= 4 is 28.6 Å². The minimum atomic E-state index is -0.0207. The van der Waals surface area contributed by atoms with E-state index in [4.69, 9.17) is 28.4 Å². The van der Waals surface area contributed by atoms with Crippen molar-refractivity contribution in [2.24, 2.45) is 5.41 Å². The smallest absolute Gasteiger partial charge is 0.136 e. The van der Waals surface area contributed by atoms with Gasteiger partial charge >= 0.3 is 0 Å². The van der Waals surface area contributed by atoms with E-state index in [1.165, 1.54) is 95.2 Å². The van der Waals surface area contributed by atoms with Crippen LogP contribution in [0.2, 0.25) is 18.1 Å². The highest BCUT2D eigenvalue weighted by Gasteiger charge is 2.23. The monoisotopic (exact) mass is 546 g/mol. The van der Waals surface area contributed by atoms with Crippen LogP contribution in [0, 0.1) is 5.41 Å². The summed E-state index contributed by atoms with van der Waals surface area (Å²) in [4.78, 5) is 0. The van der Waals surface area contributed by atoms with Crippen LogP contribution in [0.15, 0.2) is 0 Å². The third-order valence-electron chi connectivity index (χ3n) is 6.59. The second-order valence-electron chi connectivity index (χ2n) is 9.52. The van der Waals surface area contributed by atoms with Crippen LogP contribution in [0.3, 0.4) is 0 Å². The largest absolute Gasteiger partial charge is 0.360 e. The molecule has 0 amide bonds. The van der Waals surface area contributed by atoms with Crippen molar-refractivity contribution in [3.63, 3.8) is 0 Å². The molecule has 206 valence electrons. The minimum Gasteiger partial charge on any atom is -0.360 e. The molecule has 0 fully saturated rings. The van der Waals surface area contributed by atoms with E-state index in [1.807, 2.05) is 0 Å². The summed E-state index contributed by atoms with van der Waals surface area (Å²) in [5, 5.41) is 0. The maximum absolute atomic E-state index is 5.32. The molecule has 0 aromatic carbocycles. The Morgan fingerprint density at radius 1 is 0.429 bits per heavy atom. The Kier molecular flexibility index (Phi) is 25.0. The summed E-state index contributed by atoms with van der Waals surface area (Å²) in [7, 11) is 12.6. The van der Waals surface area contributed by atoms with Gasteiger partial charge in [-0.25, -0.2) is 0 Å². The maximum atomic E-state index is 5.32. The molecule has 0 aromatic rings. The second-order valence-corrected chi connectivity index (χ2v) is 13.7. The van der Waals surface area contributed by atoms with Crippen molar-refractivity contribution in [1.29, 1.82) is 0 Å². The molecule has 0 heterocycles. The SMILES string of the molecule is COC(OC)[Si]CCCCCC(C)(CCCCC[Si]C(OC)OC)CCCCC[Si]C(OC)OC. The summed E-state index contributed by atoms with van der Waals surface area (Å²) in [6.45, 7) is 2.54. The molecule has 0 bridgehead atoms. The number of ether oxygens (including phenoxy) is 6. The van der Waals surface area contributed by atoms with Gasteiger partial charge in [0.05, 0.1) is 0 Å². The number of rotatable bonds is 27. The lowest BCUT2D eigenvalue weighted by molar-refractivity contribution is -0.0442. The first-order valence-electron chi connectivity index (χ1n) is 13.4. The zero-order valence-corrected chi connectivity index (χ0v) is 26.8. The van der Waals surface area contributed by atoms with E-state index in [0.717, 1.165) is 28.6 Å². The highest BCUT2D eigenvalue weighted by molar-refractivity contribution is 6.37. The molecular formula is C26H54O6Si3. The van der Waals surface area contributed by atoms with E-state index >= 15 is 0 Å². The highest BCUT2D eigenvalue weighted by Crippen LogP contribution is 2.36. The normalized spacial score (nSPS) is 12.5. The van der Waals surface area contributed by atoms with E-state index in [-0.39, 0.29) is 17.7 Å². The van der Waals surface area contributed by atoms with E-state index in [9.17, 15) is 0 Å². The van der Waals surface area contributed by atoms with Gasteiger partial charge in [0.25, 0.3) is 0 Å². The molecule has 0 aromatic heterocycles. The second kappa shape index (κ2) is 24.7. The fourth-order valence-corrected chi connectivity index (χ4v) is 7.45. The molecule has 0 aliphatic heterocycles. The van der Waals surface area contributed by atoms with Crippen LogP contribution in [0.4, 0.5) is 0 Å². The van der Waals surface area contributed by atoms with Crippen LogP contribution in [0.25, 0.3) is 0 Å². The summed E-state index contributed by atoms with van der Waals surface area (Å²) in [6, 6.07) is 3.62. The quantitative estimate of drug-likeness (QED) is 0.0740. The Morgan fingerprint density at radius 2 is 0.686 bits per heavy atom. The van der Waals surface area contributed by atoms with Crippen LogP contribution < -0.4 is 0 Å². The molecular weight excluding hydrogens is 493 g/mol. The van der Waals surface area contributed by atoms with E-state index < -0.39 is 0 Å². The predicted octanol–water partition coefficient (Wildman–Crippen LogP) is 5.77. The Hall–Kier alpha value is 0.411. The van der Waals surface area contributed by atoms with Gasteiger partial charge in [-0.1, -0.05) is 82.8 Å². The molecule has 9 heteroatoms. The van der Waals surface area contributed by atoms with Crippen molar-refractivity contribution in [2.75, 3.05) is 42.7 Å². The van der Waals surface area contributed by atoms with Crippen LogP contribution in [0.1, 0.15) is 84.0 Å². The Labute approximate surface area is 224 Å². The number of methoxy groups -OCH3 is 6. The molecule has 0 atom stereocenters. The number of unbranched alkanes of at least 4 members (excludes halogenated alkanes) is 6. The molecule has 0 aliphatic rings. The van der Waals surface area contributed by atoms with Crippen LogP contribution in [-0.2, 0) is 28.4 Å². The summed E-state index contributed by atoms with van der Waals surface area (Å²) in [6.07, 6.45) is 15.8. The molecule has 35 heavy (non-hydrogen) atoms. The van der Waals surface area contributed by atoms with Gasteiger partial charge in [-0.2, -0.15) is 0 Å². The average molecular weight is 547 g/mol. The standard InChI is InChI=1S/C26H54O6Si3/c1-26(17-11-8-14-20-33-23(27-2)28-3,18-12-9-15-21-34-24(29-4)30-5)19-13-10-16-22-35-25(31-6)32-7/h23-25H,8-22H2,1-7H3. The summed E-state index contributed by atoms with van der Waals surface area (Å²) >= 11 is 0. The lowest BCUT2D eigenvalue weighted by Gasteiger charge is -2.30. The van der Waals surface area contributed by atoms with Gasteiger partial charge in [0, 0.05) is 42.7 Å². The first-order valence-corrected chi connectivity index (χ1v) is 17.2. The molecule has 6 nitrogen and oxygen atoms in total. The zero-order chi connectivity index (χ0) is 26.2.